The summed E-state index contributed by atoms with van der Waals surface area (Å²) in [6, 6.07) is 1.39. The number of likely N-dealkylation sites (tertiary alicyclic amines) is 1. The third-order valence-corrected chi connectivity index (χ3v) is 9.15. The van der Waals surface area contributed by atoms with Gasteiger partial charge in [-0.2, -0.15) is 0 Å². The molecule has 0 aromatic heterocycles. The van der Waals surface area contributed by atoms with E-state index in [-0.39, 0.29) is 0 Å². The number of hydrogen-bond acceptors (Lipinski definition) is 5. The highest BCUT2D eigenvalue weighted by Gasteiger charge is 2.45. The molecule has 0 N–H and O–H groups in total. The molecule has 2 aliphatic heterocycles. The van der Waals surface area contributed by atoms with Gasteiger partial charge in [-0.1, -0.05) is 43.4 Å². The predicted octanol–water partition coefficient (Wildman–Crippen LogP) is 4.12. The third kappa shape index (κ3) is 5.43. The molecule has 5 rings (SSSR count). The van der Waals surface area contributed by atoms with Crippen molar-refractivity contribution in [2.75, 3.05) is 32.9 Å². The second-order valence-electron chi connectivity index (χ2n) is 11.3. The first-order valence-electron chi connectivity index (χ1n) is 13.9. The number of piperazine rings is 1. The number of rotatable bonds is 8. The number of amides is 1. The van der Waals surface area contributed by atoms with E-state index in [1.807, 2.05) is 0 Å². The first-order chi connectivity index (χ1) is 16.6. The van der Waals surface area contributed by atoms with E-state index in [0.717, 1.165) is 51.5 Å². The van der Waals surface area contributed by atoms with Crippen molar-refractivity contribution >= 4 is 12.4 Å². The van der Waals surface area contributed by atoms with Gasteiger partial charge in [-0.25, -0.2) is 0 Å². The molecule has 4 fully saturated rings. The number of ether oxygens (including phenoxy) is 1. The minimum atomic E-state index is 0.301. The van der Waals surface area contributed by atoms with Crippen molar-refractivity contribution in [3.05, 3.63) is 23.3 Å². The molecule has 6 nitrogen and oxygen atoms in total. The van der Waals surface area contributed by atoms with Crippen molar-refractivity contribution in [3.8, 4) is 0 Å². The van der Waals surface area contributed by atoms with Gasteiger partial charge in [0.15, 0.2) is 0 Å². The molecule has 5 aliphatic rings. The zero-order chi connectivity index (χ0) is 23.5. The van der Waals surface area contributed by atoms with Crippen molar-refractivity contribution in [1.29, 1.82) is 0 Å². The van der Waals surface area contributed by atoms with Crippen LogP contribution in [-0.2, 0) is 14.3 Å². The maximum Gasteiger partial charge on any atom is 0.294 e. The summed E-state index contributed by atoms with van der Waals surface area (Å²) >= 11 is 0. The average Bonchev–Trinajstić information content (AvgIpc) is 3.65. The lowest BCUT2D eigenvalue weighted by atomic mass is 9.84. The van der Waals surface area contributed by atoms with Gasteiger partial charge in [-0.05, 0) is 62.9 Å². The lowest BCUT2D eigenvalue weighted by Gasteiger charge is -2.43. The molecular formula is C28H43N3O3. The largest absolute Gasteiger partial charge is 0.452 e. The molecule has 0 spiro atoms. The summed E-state index contributed by atoms with van der Waals surface area (Å²) in [6.07, 6.45) is 17.7. The molecule has 188 valence electrons. The Balaban J connectivity index is 1.15. The summed E-state index contributed by atoms with van der Waals surface area (Å²) in [5.74, 6) is 1.69. The van der Waals surface area contributed by atoms with Gasteiger partial charge in [-0.3, -0.25) is 19.4 Å². The molecular weight excluding hydrogens is 426 g/mol. The molecule has 0 bridgehead atoms. The van der Waals surface area contributed by atoms with Crippen molar-refractivity contribution in [2.24, 2.45) is 11.8 Å². The van der Waals surface area contributed by atoms with Crippen LogP contribution < -0.4 is 0 Å². The van der Waals surface area contributed by atoms with Crippen LogP contribution in [-0.4, -0.2) is 78.1 Å². The molecule has 1 amide bonds. The summed E-state index contributed by atoms with van der Waals surface area (Å²) in [7, 11) is 0. The van der Waals surface area contributed by atoms with E-state index in [1.165, 1.54) is 56.1 Å². The fraction of sp³-hybridized carbons (Fsp3) is 0.786. The van der Waals surface area contributed by atoms with Crippen LogP contribution in [0.1, 0.15) is 77.6 Å². The second-order valence-corrected chi connectivity index (χ2v) is 11.3. The van der Waals surface area contributed by atoms with Crippen LogP contribution >= 0.6 is 0 Å². The lowest BCUT2D eigenvalue weighted by molar-refractivity contribution is -0.138. The third-order valence-electron chi connectivity index (χ3n) is 9.15. The van der Waals surface area contributed by atoms with Crippen molar-refractivity contribution in [1.82, 2.24) is 14.7 Å². The monoisotopic (exact) mass is 469 g/mol. The highest BCUT2D eigenvalue weighted by molar-refractivity contribution is 5.76. The van der Waals surface area contributed by atoms with E-state index < -0.39 is 0 Å². The topological polar surface area (TPSA) is 53.1 Å². The average molecular weight is 470 g/mol. The van der Waals surface area contributed by atoms with Gasteiger partial charge in [0.25, 0.3) is 6.47 Å². The van der Waals surface area contributed by atoms with Gasteiger partial charge in [0.05, 0.1) is 0 Å². The standard InChI is InChI=1S/C28H43N3O3/c1-21-16-22-18-25(22)26(17-21)27-9-5-8-24(31(27)19-34-20-32)10-11-28(33)30-14-12-29(13-15-30)23-6-3-2-4-7-23/h16-17,20,22-25,27H,2-15,18-19H2,1H3/t22?,24-,25?,27+/m1/s1. The summed E-state index contributed by atoms with van der Waals surface area (Å²) < 4.78 is 5.30. The van der Waals surface area contributed by atoms with Crippen LogP contribution in [0.3, 0.4) is 0 Å². The van der Waals surface area contributed by atoms with Crippen LogP contribution in [0.25, 0.3) is 0 Å². The highest BCUT2D eigenvalue weighted by Crippen LogP contribution is 2.52. The van der Waals surface area contributed by atoms with Crippen LogP contribution in [0, 0.1) is 11.8 Å². The Labute approximate surface area is 205 Å². The van der Waals surface area contributed by atoms with Gasteiger partial charge in [0.2, 0.25) is 5.91 Å². The smallest absolute Gasteiger partial charge is 0.294 e. The summed E-state index contributed by atoms with van der Waals surface area (Å²) in [6.45, 7) is 6.93. The zero-order valence-corrected chi connectivity index (χ0v) is 21.0. The molecule has 2 saturated heterocycles. The number of carbonyl (C=O) groups is 2. The summed E-state index contributed by atoms with van der Waals surface area (Å²) in [5.41, 5.74) is 2.91. The molecule has 2 saturated carbocycles. The van der Waals surface area contributed by atoms with Gasteiger partial charge in [0.1, 0.15) is 6.73 Å². The molecule has 2 unspecified atom stereocenters. The van der Waals surface area contributed by atoms with Crippen molar-refractivity contribution < 1.29 is 14.3 Å². The van der Waals surface area contributed by atoms with Crippen molar-refractivity contribution in [3.63, 3.8) is 0 Å². The Bertz CT molecular complexity index is 795. The van der Waals surface area contributed by atoms with Crippen LogP contribution in [0.4, 0.5) is 0 Å². The van der Waals surface area contributed by atoms with Crippen LogP contribution in [0.15, 0.2) is 23.3 Å². The first-order valence-corrected chi connectivity index (χ1v) is 13.9. The molecule has 0 aromatic carbocycles. The number of carbonyl (C=O) groups excluding carboxylic acids is 2. The number of piperidine rings is 1. The quantitative estimate of drug-likeness (QED) is 0.501. The number of hydrogen-bond donors (Lipinski definition) is 0. The number of fused-ring (bicyclic) bond motifs is 1. The molecule has 34 heavy (non-hydrogen) atoms. The Morgan fingerprint density at radius 2 is 1.85 bits per heavy atom. The van der Waals surface area contributed by atoms with Gasteiger partial charge < -0.3 is 9.64 Å². The minimum Gasteiger partial charge on any atom is -0.452 e. The highest BCUT2D eigenvalue weighted by atomic mass is 16.5. The van der Waals surface area contributed by atoms with E-state index in [4.69, 9.17) is 4.74 Å². The maximum atomic E-state index is 13.1. The Hall–Kier alpha value is -1.66. The molecule has 3 aliphatic carbocycles. The first kappa shape index (κ1) is 24.1. The molecule has 6 heteroatoms. The van der Waals surface area contributed by atoms with E-state index in [1.54, 1.807) is 0 Å². The van der Waals surface area contributed by atoms with Gasteiger partial charge in [-0.15, -0.1) is 0 Å². The summed E-state index contributed by atoms with van der Waals surface area (Å²) in [4.78, 5) is 31.3. The van der Waals surface area contributed by atoms with Crippen LogP contribution in [0.2, 0.25) is 0 Å². The lowest BCUT2D eigenvalue weighted by Crippen LogP contribution is -2.53. The minimum absolute atomic E-state index is 0.301. The Morgan fingerprint density at radius 1 is 1.06 bits per heavy atom. The van der Waals surface area contributed by atoms with Gasteiger partial charge >= 0.3 is 0 Å². The Kier molecular flexibility index (Phi) is 7.74. The van der Waals surface area contributed by atoms with E-state index in [0.29, 0.717) is 49.5 Å². The fourth-order valence-electron chi connectivity index (χ4n) is 7.23. The second kappa shape index (κ2) is 10.9. The van der Waals surface area contributed by atoms with E-state index >= 15 is 0 Å². The fourth-order valence-corrected chi connectivity index (χ4v) is 7.23. The number of allylic oxidation sites excluding steroid dienone is 3. The molecule has 2 heterocycles. The van der Waals surface area contributed by atoms with E-state index in [9.17, 15) is 9.59 Å². The molecule has 4 atom stereocenters. The Morgan fingerprint density at radius 3 is 2.62 bits per heavy atom. The van der Waals surface area contributed by atoms with Crippen molar-refractivity contribution in [2.45, 2.75) is 95.7 Å². The number of nitrogens with zero attached hydrogens (tertiary/aromatic N) is 3. The molecule has 0 aromatic rings. The molecule has 0 radical (unpaired) electrons. The zero-order valence-electron chi connectivity index (χ0n) is 21.0. The van der Waals surface area contributed by atoms with Crippen LogP contribution in [0.5, 0.6) is 0 Å². The van der Waals surface area contributed by atoms with E-state index in [2.05, 4.69) is 33.8 Å². The normalized spacial score (nSPS) is 33.0. The summed E-state index contributed by atoms with van der Waals surface area (Å²) in [5, 5.41) is 0. The van der Waals surface area contributed by atoms with Gasteiger partial charge in [0, 0.05) is 50.7 Å². The predicted molar refractivity (Wildman–Crippen MR) is 133 cm³/mol. The maximum absolute atomic E-state index is 13.1. The SMILES string of the molecule is CC1=CC2CC2C([C@@H]2CCC[C@H](CCC(=O)N3CCN(C4CCCCC4)CC3)N2COC=O)=C1.